The minimum atomic E-state index is -0.916. The van der Waals surface area contributed by atoms with Crippen LogP contribution in [-0.4, -0.2) is 28.6 Å². The number of ether oxygens (including phenoxy) is 1. The van der Waals surface area contributed by atoms with Crippen molar-refractivity contribution in [3.05, 3.63) is 58.7 Å². The largest absolute Gasteiger partial charge is 0.481 e. The minimum Gasteiger partial charge on any atom is -0.481 e. The van der Waals surface area contributed by atoms with Gasteiger partial charge in [-0.1, -0.05) is 41.9 Å². The molecule has 0 aliphatic carbocycles. The monoisotopic (exact) mass is 362 g/mol. The fraction of sp³-hybridized carbons (Fsp3) is 0.278. The lowest BCUT2D eigenvalue weighted by Crippen LogP contribution is -2.29. The second-order valence-corrected chi connectivity index (χ2v) is 5.72. The number of amides is 1. The van der Waals surface area contributed by atoms with E-state index < -0.39 is 12.0 Å². The standard InChI is InChI=1S/C18H19ClN2O4/c1-2-25-18-14(19)10-13(11-20-18)17(24)21-15(8-9-16(22)23)12-6-4-3-5-7-12/h3-7,10-11,15H,2,8-9H2,1H3,(H,21,24)(H,22,23). The Labute approximate surface area is 150 Å². The normalized spacial score (nSPS) is 11.6. The molecule has 0 aliphatic heterocycles. The van der Waals surface area contributed by atoms with Gasteiger partial charge in [-0.3, -0.25) is 9.59 Å². The van der Waals surface area contributed by atoms with Crippen LogP contribution >= 0.6 is 11.6 Å². The number of pyridine rings is 1. The highest BCUT2D eigenvalue weighted by molar-refractivity contribution is 6.32. The van der Waals surface area contributed by atoms with E-state index >= 15 is 0 Å². The van der Waals surface area contributed by atoms with Crippen molar-refractivity contribution >= 4 is 23.5 Å². The number of nitrogens with one attached hydrogen (secondary N) is 1. The summed E-state index contributed by atoms with van der Waals surface area (Å²) in [5.41, 5.74) is 1.12. The van der Waals surface area contributed by atoms with Gasteiger partial charge in [0.2, 0.25) is 5.88 Å². The van der Waals surface area contributed by atoms with E-state index in [0.29, 0.717) is 6.61 Å². The third-order valence-corrected chi connectivity index (χ3v) is 3.78. The van der Waals surface area contributed by atoms with Gasteiger partial charge in [-0.2, -0.15) is 0 Å². The van der Waals surface area contributed by atoms with Crippen molar-refractivity contribution in [2.75, 3.05) is 6.61 Å². The molecule has 132 valence electrons. The highest BCUT2D eigenvalue weighted by atomic mass is 35.5. The van der Waals surface area contributed by atoms with Crippen LogP contribution in [0.5, 0.6) is 5.88 Å². The van der Waals surface area contributed by atoms with Crippen molar-refractivity contribution in [1.82, 2.24) is 10.3 Å². The second kappa shape index (κ2) is 9.03. The van der Waals surface area contributed by atoms with E-state index in [2.05, 4.69) is 10.3 Å². The Hall–Kier alpha value is -2.60. The van der Waals surface area contributed by atoms with Gasteiger partial charge in [0, 0.05) is 12.6 Å². The molecule has 0 radical (unpaired) electrons. The van der Waals surface area contributed by atoms with Crippen LogP contribution in [0.4, 0.5) is 0 Å². The number of hydrogen-bond acceptors (Lipinski definition) is 4. The molecule has 0 spiro atoms. The number of nitrogens with zero attached hydrogens (tertiary/aromatic N) is 1. The van der Waals surface area contributed by atoms with Gasteiger partial charge in [-0.25, -0.2) is 4.98 Å². The topological polar surface area (TPSA) is 88.5 Å². The van der Waals surface area contributed by atoms with E-state index in [1.807, 2.05) is 37.3 Å². The van der Waals surface area contributed by atoms with Crippen LogP contribution in [0.1, 0.15) is 41.7 Å². The fourth-order valence-electron chi connectivity index (χ4n) is 2.31. The first-order valence-electron chi connectivity index (χ1n) is 7.87. The average Bonchev–Trinajstić information content (AvgIpc) is 2.61. The van der Waals surface area contributed by atoms with Crippen LogP contribution in [0.3, 0.4) is 0 Å². The zero-order valence-corrected chi connectivity index (χ0v) is 14.5. The molecule has 1 aromatic carbocycles. The predicted molar refractivity (Wildman–Crippen MR) is 93.9 cm³/mol. The summed E-state index contributed by atoms with van der Waals surface area (Å²) in [6.07, 6.45) is 1.61. The van der Waals surface area contributed by atoms with Crippen molar-refractivity contribution in [3.63, 3.8) is 0 Å². The van der Waals surface area contributed by atoms with Gasteiger partial charge in [0.15, 0.2) is 0 Å². The molecule has 1 unspecified atom stereocenters. The first kappa shape index (κ1) is 18.7. The van der Waals surface area contributed by atoms with E-state index in [0.717, 1.165) is 5.56 Å². The fourth-order valence-corrected chi connectivity index (χ4v) is 2.53. The van der Waals surface area contributed by atoms with Crippen LogP contribution in [0.15, 0.2) is 42.6 Å². The summed E-state index contributed by atoms with van der Waals surface area (Å²) in [7, 11) is 0. The number of aliphatic carboxylic acids is 1. The lowest BCUT2D eigenvalue weighted by atomic mass is 10.0. The molecule has 0 aliphatic rings. The number of carbonyl (C=O) groups is 2. The summed E-state index contributed by atoms with van der Waals surface area (Å²) in [4.78, 5) is 27.4. The SMILES string of the molecule is CCOc1ncc(C(=O)NC(CCC(=O)O)c2ccccc2)cc1Cl. The molecule has 0 bridgehead atoms. The van der Waals surface area contributed by atoms with E-state index in [1.165, 1.54) is 12.3 Å². The Morgan fingerprint density at radius 1 is 1.32 bits per heavy atom. The molecule has 7 heteroatoms. The molecule has 6 nitrogen and oxygen atoms in total. The molecule has 0 saturated heterocycles. The molecule has 2 aromatic rings. The van der Waals surface area contributed by atoms with Crippen molar-refractivity contribution < 1.29 is 19.4 Å². The van der Waals surface area contributed by atoms with E-state index in [9.17, 15) is 9.59 Å². The summed E-state index contributed by atoms with van der Waals surface area (Å²) < 4.78 is 5.25. The van der Waals surface area contributed by atoms with Gasteiger partial charge in [-0.05, 0) is 25.0 Å². The molecule has 1 amide bonds. The highest BCUT2D eigenvalue weighted by Gasteiger charge is 2.18. The van der Waals surface area contributed by atoms with Crippen LogP contribution < -0.4 is 10.1 Å². The molecule has 1 atom stereocenters. The van der Waals surface area contributed by atoms with Crippen LogP contribution in [0.25, 0.3) is 0 Å². The first-order chi connectivity index (χ1) is 12.0. The van der Waals surface area contributed by atoms with Crippen LogP contribution in [0.2, 0.25) is 5.02 Å². The Balaban J connectivity index is 2.15. The van der Waals surface area contributed by atoms with Gasteiger partial charge < -0.3 is 15.2 Å². The zero-order valence-electron chi connectivity index (χ0n) is 13.7. The molecule has 1 heterocycles. The summed E-state index contributed by atoms with van der Waals surface area (Å²) >= 11 is 6.06. The maximum Gasteiger partial charge on any atom is 0.303 e. The maximum atomic E-state index is 12.5. The average molecular weight is 363 g/mol. The predicted octanol–water partition coefficient (Wildman–Crippen LogP) is 3.47. The first-order valence-corrected chi connectivity index (χ1v) is 8.25. The molecule has 25 heavy (non-hydrogen) atoms. The Bertz CT molecular complexity index is 737. The minimum absolute atomic E-state index is 0.0534. The lowest BCUT2D eigenvalue weighted by Gasteiger charge is -2.18. The lowest BCUT2D eigenvalue weighted by molar-refractivity contribution is -0.137. The van der Waals surface area contributed by atoms with Crippen molar-refractivity contribution in [2.45, 2.75) is 25.8 Å². The summed E-state index contributed by atoms with van der Waals surface area (Å²) in [6, 6.07) is 10.3. The molecule has 0 saturated carbocycles. The summed E-state index contributed by atoms with van der Waals surface area (Å²) in [6.45, 7) is 2.23. The van der Waals surface area contributed by atoms with Crippen LogP contribution in [0, 0.1) is 0 Å². The third kappa shape index (κ3) is 5.46. The Morgan fingerprint density at radius 3 is 2.64 bits per heavy atom. The summed E-state index contributed by atoms with van der Waals surface area (Å²) in [5, 5.41) is 12.0. The van der Waals surface area contributed by atoms with Gasteiger partial charge in [-0.15, -0.1) is 0 Å². The molecular weight excluding hydrogens is 344 g/mol. The summed E-state index contributed by atoms with van der Waals surface area (Å²) in [5.74, 6) is -1.02. The number of rotatable bonds is 8. The molecule has 1 aromatic heterocycles. The molecule has 0 fully saturated rings. The number of hydrogen-bond donors (Lipinski definition) is 2. The van der Waals surface area contributed by atoms with E-state index in [-0.39, 0.29) is 35.2 Å². The quantitative estimate of drug-likeness (QED) is 0.750. The number of carbonyl (C=O) groups excluding carboxylic acids is 1. The molecular formula is C18H19ClN2O4. The van der Waals surface area contributed by atoms with Gasteiger partial charge in [0.05, 0.1) is 18.2 Å². The maximum absolute atomic E-state index is 12.5. The zero-order chi connectivity index (χ0) is 18.2. The van der Waals surface area contributed by atoms with Crippen molar-refractivity contribution in [3.8, 4) is 5.88 Å². The van der Waals surface area contributed by atoms with Gasteiger partial charge in [0.1, 0.15) is 5.02 Å². The molecule has 2 N–H and O–H groups in total. The number of halogens is 1. The number of carboxylic acid groups (broad SMARTS) is 1. The van der Waals surface area contributed by atoms with Gasteiger partial charge >= 0.3 is 5.97 Å². The van der Waals surface area contributed by atoms with Gasteiger partial charge in [0.25, 0.3) is 5.91 Å². The highest BCUT2D eigenvalue weighted by Crippen LogP contribution is 2.24. The Kier molecular flexibility index (Phi) is 6.77. The smallest absolute Gasteiger partial charge is 0.303 e. The molecule has 2 rings (SSSR count). The van der Waals surface area contributed by atoms with Crippen molar-refractivity contribution in [2.24, 2.45) is 0 Å². The van der Waals surface area contributed by atoms with E-state index in [4.69, 9.17) is 21.4 Å². The number of carboxylic acids is 1. The number of aromatic nitrogens is 1. The van der Waals surface area contributed by atoms with E-state index in [1.54, 1.807) is 0 Å². The van der Waals surface area contributed by atoms with Crippen molar-refractivity contribution in [1.29, 1.82) is 0 Å². The third-order valence-electron chi connectivity index (χ3n) is 3.50. The number of benzene rings is 1. The second-order valence-electron chi connectivity index (χ2n) is 5.31. The Morgan fingerprint density at radius 2 is 2.04 bits per heavy atom. The van der Waals surface area contributed by atoms with Crippen LogP contribution in [-0.2, 0) is 4.79 Å².